The molecule has 0 aliphatic carbocycles. The summed E-state index contributed by atoms with van der Waals surface area (Å²) in [6.07, 6.45) is 0.595. The highest BCUT2D eigenvalue weighted by Gasteiger charge is 2.45. The average Bonchev–Trinajstić information content (AvgIpc) is 3.15. The molecule has 0 amide bonds. The van der Waals surface area contributed by atoms with Crippen molar-refractivity contribution in [2.45, 2.75) is 0 Å². The Hall–Kier alpha value is -4.95. The van der Waals surface area contributed by atoms with Crippen molar-refractivity contribution in [3.05, 3.63) is 157 Å². The molecule has 0 heterocycles. The van der Waals surface area contributed by atoms with Crippen molar-refractivity contribution in [1.29, 1.82) is 0 Å². The number of anilines is 1. The molecule has 5 aromatic carbocycles. The number of thiocarbonyl (C=S) groups is 2. The molecule has 0 aliphatic heterocycles. The molecule has 0 bridgehead atoms. The normalized spacial score (nSPS) is 11.7. The van der Waals surface area contributed by atoms with Gasteiger partial charge >= 0.3 is 0 Å². The third kappa shape index (κ3) is 8.26. The summed E-state index contributed by atoms with van der Waals surface area (Å²) in [6, 6.07) is 49.8. The highest BCUT2D eigenvalue weighted by atomic mass is 32.1. The van der Waals surface area contributed by atoms with Crippen molar-refractivity contribution in [2.75, 3.05) is 25.7 Å². The van der Waals surface area contributed by atoms with Gasteiger partial charge in [-0.05, 0) is 73.0 Å². The van der Waals surface area contributed by atoms with Gasteiger partial charge in [0.1, 0.15) is 40.9 Å². The maximum absolute atomic E-state index is 5.90. The van der Waals surface area contributed by atoms with Gasteiger partial charge in [-0.3, -0.25) is 10.9 Å². The van der Waals surface area contributed by atoms with Gasteiger partial charge in [0, 0.05) is 30.9 Å². The van der Waals surface area contributed by atoms with Gasteiger partial charge in [0.15, 0.2) is 10.2 Å². The lowest BCUT2D eigenvalue weighted by atomic mass is 9.99. The van der Waals surface area contributed by atoms with Gasteiger partial charge in [-0.2, -0.15) is 10.2 Å². The molecule has 5 rings (SSSR count). The number of rotatable bonds is 11. The summed E-state index contributed by atoms with van der Waals surface area (Å²) >= 11 is 11.2. The lowest BCUT2D eigenvalue weighted by Crippen LogP contribution is -2.42. The summed E-state index contributed by atoms with van der Waals surface area (Å²) in [7, 11) is 1.47. The zero-order valence-electron chi connectivity index (χ0n) is 26.2. The van der Waals surface area contributed by atoms with Crippen LogP contribution in [0.2, 0.25) is 0 Å². The predicted molar refractivity (Wildman–Crippen MR) is 209 cm³/mol. The second-order valence-electron chi connectivity index (χ2n) is 10.4. The fraction of sp³-hybridized carbons (Fsp3) is 0.0811. The van der Waals surface area contributed by atoms with Crippen LogP contribution in [0.25, 0.3) is 0 Å². The molecular weight excluding hydrogens is 638 g/mol. The molecule has 0 aromatic heterocycles. The Morgan fingerprint density at radius 3 is 1.36 bits per heavy atom. The summed E-state index contributed by atoms with van der Waals surface area (Å²) in [6.45, 7) is 0. The lowest BCUT2D eigenvalue weighted by molar-refractivity contribution is 0.958. The molecule has 5 N–H and O–H groups in total. The van der Waals surface area contributed by atoms with Gasteiger partial charge in [0.25, 0.3) is 0 Å². The number of nitrogens with one attached hydrogen (secondary N) is 5. The molecular formula is C37H37N7PS2+. The van der Waals surface area contributed by atoms with Crippen LogP contribution in [0.3, 0.4) is 0 Å². The molecule has 0 spiro atoms. The summed E-state index contributed by atoms with van der Waals surface area (Å²) in [5.74, 6) is 0. The van der Waals surface area contributed by atoms with E-state index in [2.05, 4.69) is 118 Å². The van der Waals surface area contributed by atoms with Crippen LogP contribution in [0.5, 0.6) is 0 Å². The Kier molecular flexibility index (Phi) is 11.8. The zero-order chi connectivity index (χ0) is 32.9. The largest absolute Gasteiger partial charge is 0.388 e. The number of benzene rings is 5. The maximum atomic E-state index is 5.90. The Balaban J connectivity index is 1.51. The van der Waals surface area contributed by atoms with E-state index in [9.17, 15) is 0 Å². The van der Waals surface area contributed by atoms with Crippen LogP contribution < -0.4 is 42.7 Å². The van der Waals surface area contributed by atoms with Crippen LogP contribution in [-0.2, 0) is 0 Å². The van der Waals surface area contributed by atoms with E-state index >= 15 is 0 Å². The monoisotopic (exact) mass is 674 g/mol. The minimum Gasteiger partial charge on any atom is -0.388 e. The van der Waals surface area contributed by atoms with E-state index < -0.39 is 7.26 Å². The Labute approximate surface area is 287 Å². The molecule has 0 saturated carbocycles. The van der Waals surface area contributed by atoms with E-state index in [0.29, 0.717) is 27.9 Å². The van der Waals surface area contributed by atoms with Gasteiger partial charge in [0.05, 0.1) is 0 Å². The summed E-state index contributed by atoms with van der Waals surface area (Å²) in [4.78, 5) is 0. The van der Waals surface area contributed by atoms with Gasteiger partial charge in [-0.1, -0.05) is 97.1 Å². The molecule has 0 atom stereocenters. The average molecular weight is 675 g/mol. The minimum atomic E-state index is -2.16. The van der Waals surface area contributed by atoms with Crippen molar-refractivity contribution in [2.24, 2.45) is 10.2 Å². The smallest absolute Gasteiger partial charge is 0.189 e. The fourth-order valence-corrected chi connectivity index (χ4v) is 9.32. The van der Waals surface area contributed by atoms with E-state index in [1.165, 1.54) is 15.9 Å². The third-order valence-electron chi connectivity index (χ3n) is 7.55. The Morgan fingerprint density at radius 2 is 0.936 bits per heavy atom. The second kappa shape index (κ2) is 16.6. The standard InChI is InChI=1S/C37H36N7PS2/c1-38-30-25-23-29(24-26-30)35(41-43-36(46)39-2)34(28-15-7-3-8-16-28)42-44-37(47)40-27-45(31-17-9-4-10-18-31,32-19-11-5-12-20-32)33-21-13-6-14-22-33/h3-26H,27H2,1-2H3,(H4-,38,39,40,41,42,43,44,46,47)/p+1. The Bertz CT molecular complexity index is 1720. The molecule has 236 valence electrons. The predicted octanol–water partition coefficient (Wildman–Crippen LogP) is 5.35. The van der Waals surface area contributed by atoms with Crippen molar-refractivity contribution in [1.82, 2.24) is 21.5 Å². The molecule has 0 aliphatic rings. The first-order chi connectivity index (χ1) is 23.0. The van der Waals surface area contributed by atoms with Crippen LogP contribution in [0.15, 0.2) is 156 Å². The van der Waals surface area contributed by atoms with Gasteiger partial charge < -0.3 is 16.0 Å². The van der Waals surface area contributed by atoms with Crippen molar-refractivity contribution >= 4 is 74.9 Å². The first kappa shape index (κ1) is 33.4. The third-order valence-corrected chi connectivity index (χ3v) is 12.3. The quantitative estimate of drug-likeness (QED) is 0.0560. The van der Waals surface area contributed by atoms with Crippen LogP contribution in [0.4, 0.5) is 5.69 Å². The molecule has 0 radical (unpaired) electrons. The van der Waals surface area contributed by atoms with Crippen molar-refractivity contribution in [3.63, 3.8) is 0 Å². The van der Waals surface area contributed by atoms with Crippen LogP contribution in [0, 0.1) is 0 Å². The molecule has 5 aromatic rings. The highest BCUT2D eigenvalue weighted by Crippen LogP contribution is 2.54. The Morgan fingerprint density at radius 1 is 0.532 bits per heavy atom. The van der Waals surface area contributed by atoms with Gasteiger partial charge in [-0.25, -0.2) is 0 Å². The first-order valence-electron chi connectivity index (χ1n) is 15.1. The zero-order valence-corrected chi connectivity index (χ0v) is 28.7. The summed E-state index contributed by atoms with van der Waals surface area (Å²) in [5.41, 5.74) is 9.94. The number of hydrogen-bond donors (Lipinski definition) is 5. The van der Waals surface area contributed by atoms with Crippen molar-refractivity contribution in [3.8, 4) is 0 Å². The minimum absolute atomic E-state index is 0.384. The van der Waals surface area contributed by atoms with Crippen molar-refractivity contribution < 1.29 is 0 Å². The van der Waals surface area contributed by atoms with E-state index in [1.807, 2.05) is 61.6 Å². The van der Waals surface area contributed by atoms with E-state index in [4.69, 9.17) is 34.6 Å². The number of hydrazone groups is 2. The molecule has 0 fully saturated rings. The fourth-order valence-electron chi connectivity index (χ4n) is 5.17. The van der Waals surface area contributed by atoms with E-state index in [1.54, 1.807) is 7.05 Å². The summed E-state index contributed by atoms with van der Waals surface area (Å²) < 4.78 is 0. The topological polar surface area (TPSA) is 84.9 Å². The highest BCUT2D eigenvalue weighted by molar-refractivity contribution is 7.95. The lowest BCUT2D eigenvalue weighted by Gasteiger charge is -2.28. The van der Waals surface area contributed by atoms with E-state index in [-0.39, 0.29) is 0 Å². The summed E-state index contributed by atoms with van der Waals surface area (Å²) in [5, 5.41) is 23.7. The van der Waals surface area contributed by atoms with E-state index in [0.717, 1.165) is 16.8 Å². The van der Waals surface area contributed by atoms with Crippen LogP contribution in [0.1, 0.15) is 11.1 Å². The first-order valence-corrected chi connectivity index (χ1v) is 17.9. The molecule has 0 unspecified atom stereocenters. The number of hydrogen-bond acceptors (Lipinski definition) is 5. The molecule has 47 heavy (non-hydrogen) atoms. The maximum Gasteiger partial charge on any atom is 0.189 e. The molecule has 0 saturated heterocycles. The second-order valence-corrected chi connectivity index (χ2v) is 14.7. The van der Waals surface area contributed by atoms with Gasteiger partial charge in [0.2, 0.25) is 0 Å². The van der Waals surface area contributed by atoms with Crippen LogP contribution in [-0.4, -0.2) is 42.0 Å². The van der Waals surface area contributed by atoms with Gasteiger partial charge in [-0.15, -0.1) is 0 Å². The molecule has 10 heteroatoms. The molecule has 7 nitrogen and oxygen atoms in total. The SMILES string of the molecule is CNC(=S)NN=C(C(=NNC(=S)NC[P+](c1ccccc1)(c1ccccc1)c1ccccc1)c1ccccc1)c1ccc(NC)cc1. The number of nitrogens with zero attached hydrogens (tertiary/aromatic N) is 2. The van der Waals surface area contributed by atoms with Crippen LogP contribution >= 0.6 is 31.7 Å².